The van der Waals surface area contributed by atoms with Crippen molar-refractivity contribution in [2.24, 2.45) is 16.6 Å². The number of amides is 1. The molecule has 1 aromatic heterocycles. The molecule has 28 heavy (non-hydrogen) atoms. The third-order valence-corrected chi connectivity index (χ3v) is 5.65. The predicted octanol–water partition coefficient (Wildman–Crippen LogP) is 3.86. The Kier molecular flexibility index (Phi) is 4.93. The van der Waals surface area contributed by atoms with Crippen LogP contribution in [0.3, 0.4) is 0 Å². The van der Waals surface area contributed by atoms with E-state index in [0.29, 0.717) is 29.3 Å². The highest BCUT2D eigenvalue weighted by Crippen LogP contribution is 2.48. The minimum absolute atomic E-state index is 0.0481. The summed E-state index contributed by atoms with van der Waals surface area (Å²) >= 11 is 5.81. The lowest BCUT2D eigenvalue weighted by Crippen LogP contribution is -2.46. The SMILES string of the molecule is NC1=N[C@@]2(c3cc(NC(=O)c4ccc(Cl)cn4)ccc3F)CCCCC2CO1. The number of amidine groups is 1. The van der Waals surface area contributed by atoms with Crippen LogP contribution in [0.15, 0.2) is 41.5 Å². The normalized spacial score (nSPS) is 23.9. The van der Waals surface area contributed by atoms with Crippen LogP contribution in [0.1, 0.15) is 41.7 Å². The molecule has 0 spiro atoms. The zero-order chi connectivity index (χ0) is 19.7. The Morgan fingerprint density at radius 2 is 2.18 bits per heavy atom. The smallest absolute Gasteiger partial charge is 0.282 e. The molecule has 1 amide bonds. The largest absolute Gasteiger partial charge is 0.465 e. The van der Waals surface area contributed by atoms with Gasteiger partial charge in [-0.3, -0.25) is 4.79 Å². The molecule has 1 aliphatic carbocycles. The van der Waals surface area contributed by atoms with Crippen LogP contribution in [0.5, 0.6) is 0 Å². The molecular weight excluding hydrogens is 383 g/mol. The van der Waals surface area contributed by atoms with E-state index in [1.807, 2.05) is 0 Å². The van der Waals surface area contributed by atoms with E-state index in [4.69, 9.17) is 22.1 Å². The van der Waals surface area contributed by atoms with Crippen molar-refractivity contribution >= 4 is 29.2 Å². The lowest BCUT2D eigenvalue weighted by Gasteiger charge is -2.44. The van der Waals surface area contributed by atoms with E-state index in [1.54, 1.807) is 12.1 Å². The first-order valence-electron chi connectivity index (χ1n) is 9.19. The number of hydrogen-bond donors (Lipinski definition) is 2. The summed E-state index contributed by atoms with van der Waals surface area (Å²) in [4.78, 5) is 21.0. The second-order valence-electron chi connectivity index (χ2n) is 7.14. The summed E-state index contributed by atoms with van der Waals surface area (Å²) in [6, 6.07) is 7.71. The predicted molar refractivity (Wildman–Crippen MR) is 105 cm³/mol. The number of rotatable bonds is 3. The quantitative estimate of drug-likeness (QED) is 0.815. The Labute approximate surface area is 167 Å². The van der Waals surface area contributed by atoms with Crippen LogP contribution in [0.2, 0.25) is 5.02 Å². The summed E-state index contributed by atoms with van der Waals surface area (Å²) in [5, 5.41) is 3.21. The van der Waals surface area contributed by atoms with Gasteiger partial charge in [-0.15, -0.1) is 0 Å². The van der Waals surface area contributed by atoms with Crippen molar-refractivity contribution in [2.75, 3.05) is 11.9 Å². The Hall–Kier alpha value is -2.67. The van der Waals surface area contributed by atoms with Crippen LogP contribution in [0.25, 0.3) is 0 Å². The fourth-order valence-corrected chi connectivity index (χ4v) is 4.18. The van der Waals surface area contributed by atoms with Crippen LogP contribution in [0, 0.1) is 11.7 Å². The van der Waals surface area contributed by atoms with Gasteiger partial charge in [0, 0.05) is 23.4 Å². The van der Waals surface area contributed by atoms with E-state index >= 15 is 0 Å². The van der Waals surface area contributed by atoms with Crippen molar-refractivity contribution in [3.63, 3.8) is 0 Å². The highest BCUT2D eigenvalue weighted by Gasteiger charge is 2.47. The number of hydrogen-bond acceptors (Lipinski definition) is 5. The fraction of sp³-hybridized carbons (Fsp3) is 0.350. The van der Waals surface area contributed by atoms with Gasteiger partial charge in [-0.1, -0.05) is 24.4 Å². The Morgan fingerprint density at radius 3 is 2.96 bits per heavy atom. The van der Waals surface area contributed by atoms with Gasteiger partial charge in [-0.05, 0) is 43.2 Å². The molecule has 0 radical (unpaired) electrons. The van der Waals surface area contributed by atoms with E-state index in [0.717, 1.165) is 19.3 Å². The maximum absolute atomic E-state index is 14.9. The van der Waals surface area contributed by atoms with Gasteiger partial charge in [0.2, 0.25) is 0 Å². The molecule has 1 aromatic carbocycles. The number of halogens is 2. The van der Waals surface area contributed by atoms with Gasteiger partial charge in [0.25, 0.3) is 11.9 Å². The highest BCUT2D eigenvalue weighted by molar-refractivity contribution is 6.30. The molecule has 1 saturated carbocycles. The summed E-state index contributed by atoms with van der Waals surface area (Å²) in [6.45, 7) is 0.417. The first kappa shape index (κ1) is 18.7. The molecule has 4 rings (SSSR count). The van der Waals surface area contributed by atoms with Crippen LogP contribution in [0.4, 0.5) is 10.1 Å². The zero-order valence-corrected chi connectivity index (χ0v) is 15.9. The molecule has 1 unspecified atom stereocenters. The summed E-state index contributed by atoms with van der Waals surface area (Å²) in [5.41, 5.74) is 6.20. The molecule has 146 valence electrons. The van der Waals surface area contributed by atoms with Gasteiger partial charge in [-0.25, -0.2) is 14.4 Å². The Balaban J connectivity index is 1.68. The van der Waals surface area contributed by atoms with Crippen LogP contribution in [-0.4, -0.2) is 23.5 Å². The van der Waals surface area contributed by atoms with Gasteiger partial charge < -0.3 is 15.8 Å². The zero-order valence-electron chi connectivity index (χ0n) is 15.1. The maximum Gasteiger partial charge on any atom is 0.282 e. The van der Waals surface area contributed by atoms with Gasteiger partial charge in [0.1, 0.15) is 17.1 Å². The van der Waals surface area contributed by atoms with Crippen molar-refractivity contribution in [3.05, 3.63) is 58.6 Å². The van der Waals surface area contributed by atoms with E-state index in [-0.39, 0.29) is 23.5 Å². The van der Waals surface area contributed by atoms with Gasteiger partial charge >= 0.3 is 0 Å². The van der Waals surface area contributed by atoms with E-state index in [9.17, 15) is 9.18 Å². The molecule has 0 bridgehead atoms. The third-order valence-electron chi connectivity index (χ3n) is 5.43. The van der Waals surface area contributed by atoms with Crippen LogP contribution < -0.4 is 11.1 Å². The number of nitrogens with zero attached hydrogens (tertiary/aromatic N) is 2. The topological polar surface area (TPSA) is 89.6 Å². The van der Waals surface area contributed by atoms with E-state index < -0.39 is 11.4 Å². The number of aromatic nitrogens is 1. The number of fused-ring (bicyclic) bond motifs is 1. The van der Waals surface area contributed by atoms with Crippen molar-refractivity contribution in [2.45, 2.75) is 31.2 Å². The average Bonchev–Trinajstić information content (AvgIpc) is 2.69. The summed E-state index contributed by atoms with van der Waals surface area (Å²) < 4.78 is 20.3. The molecule has 2 heterocycles. The number of nitrogens with one attached hydrogen (secondary N) is 1. The second-order valence-corrected chi connectivity index (χ2v) is 7.57. The number of ether oxygens (including phenoxy) is 1. The minimum atomic E-state index is -0.760. The minimum Gasteiger partial charge on any atom is -0.465 e. The second kappa shape index (κ2) is 7.39. The molecule has 1 aliphatic heterocycles. The Morgan fingerprint density at radius 1 is 1.32 bits per heavy atom. The van der Waals surface area contributed by atoms with Crippen molar-refractivity contribution in [1.82, 2.24) is 4.98 Å². The standard InChI is InChI=1S/C20H20ClFN4O2/c21-13-4-7-17(24-10-13)18(27)25-14-5-6-16(22)15(9-14)20-8-2-1-3-12(20)11-28-19(23)26-20/h4-7,9-10,12H,1-3,8,11H2,(H2,23,26)(H,25,27)/t12?,20-/m0/s1. The molecule has 2 atom stereocenters. The third kappa shape index (κ3) is 3.42. The average molecular weight is 403 g/mol. The molecular formula is C20H20ClFN4O2. The molecule has 8 heteroatoms. The molecule has 2 aromatic rings. The van der Waals surface area contributed by atoms with Crippen molar-refractivity contribution < 1.29 is 13.9 Å². The number of carbonyl (C=O) groups excluding carboxylic acids is 1. The van der Waals surface area contributed by atoms with Gasteiger partial charge in [-0.2, -0.15) is 0 Å². The van der Waals surface area contributed by atoms with Crippen LogP contribution >= 0.6 is 11.6 Å². The van der Waals surface area contributed by atoms with Gasteiger partial charge in [0.15, 0.2) is 0 Å². The molecule has 0 saturated heterocycles. The van der Waals surface area contributed by atoms with Crippen molar-refractivity contribution in [3.8, 4) is 0 Å². The Bertz CT molecular complexity index is 934. The number of carbonyl (C=O) groups is 1. The first-order valence-corrected chi connectivity index (χ1v) is 9.57. The number of nitrogens with two attached hydrogens (primary N) is 1. The lowest BCUT2D eigenvalue weighted by atomic mass is 9.69. The summed E-state index contributed by atoms with van der Waals surface area (Å²) in [6.07, 6.45) is 4.96. The van der Waals surface area contributed by atoms with Gasteiger partial charge in [0.05, 0.1) is 11.6 Å². The highest BCUT2D eigenvalue weighted by atomic mass is 35.5. The summed E-state index contributed by atoms with van der Waals surface area (Å²) in [7, 11) is 0. The summed E-state index contributed by atoms with van der Waals surface area (Å²) in [5.74, 6) is -0.721. The maximum atomic E-state index is 14.9. The number of pyridine rings is 1. The number of aliphatic imine (C=N–C) groups is 1. The number of benzene rings is 1. The number of anilines is 1. The fourth-order valence-electron chi connectivity index (χ4n) is 4.07. The van der Waals surface area contributed by atoms with Crippen LogP contribution in [-0.2, 0) is 10.3 Å². The van der Waals surface area contributed by atoms with E-state index in [1.165, 1.54) is 24.4 Å². The first-order chi connectivity index (χ1) is 13.5. The molecule has 2 aliphatic rings. The molecule has 6 nitrogen and oxygen atoms in total. The molecule has 3 N–H and O–H groups in total. The van der Waals surface area contributed by atoms with E-state index in [2.05, 4.69) is 15.3 Å². The van der Waals surface area contributed by atoms with Crippen molar-refractivity contribution in [1.29, 1.82) is 0 Å². The molecule has 1 fully saturated rings. The monoisotopic (exact) mass is 402 g/mol. The lowest BCUT2D eigenvalue weighted by molar-refractivity contribution is 0.0843.